The quantitative estimate of drug-likeness (QED) is 0.343. The van der Waals surface area contributed by atoms with Crippen molar-refractivity contribution in [1.29, 1.82) is 0 Å². The Kier molecular flexibility index (Phi) is 7.47. The number of thiophene rings is 1. The molecule has 5 N–H and O–H groups in total. The number of benzene rings is 1. The summed E-state index contributed by atoms with van der Waals surface area (Å²) >= 11 is 2.94. The molecular weight excluding hydrogens is 498 g/mol. The summed E-state index contributed by atoms with van der Waals surface area (Å²) in [6.07, 6.45) is 0. The average molecular weight is 528 g/mol. The van der Waals surface area contributed by atoms with Crippen molar-refractivity contribution in [1.82, 2.24) is 9.88 Å². The summed E-state index contributed by atoms with van der Waals surface area (Å²) in [5, 5.41) is 24.5. The lowest BCUT2D eigenvalue weighted by Gasteiger charge is -2.40. The molecule has 5 rings (SSSR count). The van der Waals surface area contributed by atoms with Crippen molar-refractivity contribution in [2.75, 3.05) is 54.6 Å². The van der Waals surface area contributed by atoms with Gasteiger partial charge in [0.05, 0.1) is 30.2 Å². The van der Waals surface area contributed by atoms with Gasteiger partial charge in [0, 0.05) is 42.5 Å². The third-order valence-electron chi connectivity index (χ3n) is 6.19. The zero-order valence-electron chi connectivity index (χ0n) is 19.7. The van der Waals surface area contributed by atoms with Crippen molar-refractivity contribution < 1.29 is 19.7 Å². The molecule has 0 spiro atoms. The van der Waals surface area contributed by atoms with Crippen molar-refractivity contribution in [3.63, 3.8) is 0 Å². The maximum absolute atomic E-state index is 12.2. The van der Waals surface area contributed by atoms with Crippen molar-refractivity contribution in [2.24, 2.45) is 5.73 Å². The number of thioether (sulfide) groups is 1. The zero-order chi connectivity index (χ0) is 25.1. The molecule has 0 bridgehead atoms. The fraction of sp³-hybridized carbons (Fsp3) is 0.360. The molecule has 36 heavy (non-hydrogen) atoms. The highest BCUT2D eigenvalue weighted by Gasteiger charge is 2.35. The zero-order valence-corrected chi connectivity index (χ0v) is 21.4. The summed E-state index contributed by atoms with van der Waals surface area (Å²) in [5.41, 5.74) is 8.66. The summed E-state index contributed by atoms with van der Waals surface area (Å²) < 4.78 is 5.42. The summed E-state index contributed by atoms with van der Waals surface area (Å²) in [6, 6.07) is 15.1. The van der Waals surface area contributed by atoms with Gasteiger partial charge in [-0.15, -0.1) is 11.3 Å². The molecule has 0 unspecified atom stereocenters. The third-order valence-corrected chi connectivity index (χ3v) is 8.35. The highest BCUT2D eigenvalue weighted by Crippen LogP contribution is 2.38. The van der Waals surface area contributed by atoms with Crippen molar-refractivity contribution in [3.8, 4) is 10.4 Å². The van der Waals surface area contributed by atoms with Gasteiger partial charge < -0.3 is 30.9 Å². The first kappa shape index (κ1) is 25.0. The average Bonchev–Trinajstić information content (AvgIpc) is 3.29. The first-order valence-corrected chi connectivity index (χ1v) is 13.7. The number of nitrogens with zero attached hydrogens (tertiary/aromatic N) is 3. The van der Waals surface area contributed by atoms with Crippen LogP contribution in [-0.2, 0) is 11.3 Å². The molecule has 2 aliphatic rings. The number of carbonyl (C=O) groups is 1. The molecule has 11 heteroatoms. The smallest absolute Gasteiger partial charge is 0.256 e. The molecule has 2 aliphatic heterocycles. The minimum Gasteiger partial charge on any atom is -0.379 e. The van der Waals surface area contributed by atoms with E-state index in [0.29, 0.717) is 22.9 Å². The maximum Gasteiger partial charge on any atom is 0.256 e. The number of primary amides is 1. The molecule has 1 aromatic carbocycles. The summed E-state index contributed by atoms with van der Waals surface area (Å²) in [5.74, 6) is -0.672. The van der Waals surface area contributed by atoms with E-state index in [1.165, 1.54) is 23.1 Å². The van der Waals surface area contributed by atoms with E-state index in [9.17, 15) is 15.0 Å². The van der Waals surface area contributed by atoms with E-state index in [2.05, 4.69) is 10.2 Å². The Morgan fingerprint density at radius 3 is 2.64 bits per heavy atom. The summed E-state index contributed by atoms with van der Waals surface area (Å²) in [7, 11) is 0. The molecule has 3 aromatic rings. The fourth-order valence-corrected chi connectivity index (χ4v) is 6.28. The molecule has 190 valence electrons. The molecule has 9 nitrogen and oxygen atoms in total. The van der Waals surface area contributed by atoms with E-state index in [0.717, 1.165) is 60.4 Å². The van der Waals surface area contributed by atoms with E-state index in [4.69, 9.17) is 15.5 Å². The van der Waals surface area contributed by atoms with Crippen LogP contribution in [0.2, 0.25) is 0 Å². The van der Waals surface area contributed by atoms with Gasteiger partial charge in [-0.3, -0.25) is 9.69 Å². The molecule has 2 fully saturated rings. The minimum absolute atomic E-state index is 0.234. The Labute approximate surface area is 217 Å². The second kappa shape index (κ2) is 10.8. The Hall–Kier alpha value is -2.67. The van der Waals surface area contributed by atoms with Crippen LogP contribution >= 0.6 is 23.1 Å². The number of ether oxygens (including phenoxy) is 1. The Bertz CT molecular complexity index is 1210. The molecule has 0 saturated carbocycles. The topological polar surface area (TPSA) is 124 Å². The van der Waals surface area contributed by atoms with Crippen LogP contribution in [0.1, 0.15) is 16.1 Å². The molecule has 0 aliphatic carbocycles. The molecule has 1 amide bonds. The van der Waals surface area contributed by atoms with Crippen LogP contribution in [-0.4, -0.2) is 76.3 Å². The van der Waals surface area contributed by atoms with Crippen LogP contribution in [0.5, 0.6) is 0 Å². The summed E-state index contributed by atoms with van der Waals surface area (Å²) in [6.45, 7) is 4.52. The van der Waals surface area contributed by atoms with E-state index in [1.807, 2.05) is 42.5 Å². The van der Waals surface area contributed by atoms with Gasteiger partial charge in [0.2, 0.25) is 0 Å². The number of amides is 1. The fourth-order valence-electron chi connectivity index (χ4n) is 4.31. The lowest BCUT2D eigenvalue weighted by Crippen LogP contribution is -2.54. The normalized spacial score (nSPS) is 18.2. The highest BCUT2D eigenvalue weighted by molar-refractivity contribution is 7.99. The largest absolute Gasteiger partial charge is 0.379 e. The Balaban J connectivity index is 1.34. The number of aromatic nitrogens is 1. The maximum atomic E-state index is 12.2. The molecule has 2 saturated heterocycles. The van der Waals surface area contributed by atoms with Gasteiger partial charge in [0.25, 0.3) is 11.8 Å². The highest BCUT2D eigenvalue weighted by atomic mass is 32.2. The van der Waals surface area contributed by atoms with Gasteiger partial charge in [-0.1, -0.05) is 18.2 Å². The monoisotopic (exact) mass is 527 g/mol. The molecular formula is C25H29N5O4S2. The summed E-state index contributed by atoms with van der Waals surface area (Å²) in [4.78, 5) is 21.7. The number of morpholine rings is 1. The lowest BCUT2D eigenvalue weighted by atomic mass is 10.1. The predicted octanol–water partition coefficient (Wildman–Crippen LogP) is 2.68. The standard InChI is InChI=1S/C25H29N5O4S2/c26-23(31)20-14-21(17-4-6-19(7-5-17)30-10-13-35-16-25(30,32)33)36-24(20)28-22-3-1-2-18(27-22)15-29-8-11-34-12-9-29/h1-7,14,32-33H,8-13,15-16H2,(H2,26,31)(H,27,28). The van der Waals surface area contributed by atoms with Gasteiger partial charge in [-0.25, -0.2) is 4.98 Å². The number of carbonyl (C=O) groups excluding carboxylic acids is 1. The Morgan fingerprint density at radius 2 is 1.92 bits per heavy atom. The third kappa shape index (κ3) is 5.66. The number of aliphatic hydroxyl groups is 2. The van der Waals surface area contributed by atoms with Crippen LogP contribution in [0.25, 0.3) is 10.4 Å². The van der Waals surface area contributed by atoms with Crippen LogP contribution in [0.4, 0.5) is 16.5 Å². The van der Waals surface area contributed by atoms with E-state index in [-0.39, 0.29) is 5.75 Å². The number of nitrogens with one attached hydrogen (secondary N) is 1. The minimum atomic E-state index is -1.87. The number of anilines is 3. The Morgan fingerprint density at radius 1 is 1.14 bits per heavy atom. The van der Waals surface area contributed by atoms with Gasteiger partial charge >= 0.3 is 0 Å². The van der Waals surface area contributed by atoms with Gasteiger partial charge in [0.15, 0.2) is 0 Å². The number of hydrogen-bond acceptors (Lipinski definition) is 10. The van der Waals surface area contributed by atoms with Crippen LogP contribution in [0.15, 0.2) is 48.5 Å². The van der Waals surface area contributed by atoms with Gasteiger partial charge in [-0.05, 0) is 35.9 Å². The molecule has 0 radical (unpaired) electrons. The molecule has 0 atom stereocenters. The second-order valence-electron chi connectivity index (χ2n) is 8.77. The second-order valence-corrected chi connectivity index (χ2v) is 10.9. The lowest BCUT2D eigenvalue weighted by molar-refractivity contribution is -0.141. The number of hydrogen-bond donors (Lipinski definition) is 4. The van der Waals surface area contributed by atoms with Crippen LogP contribution < -0.4 is 16.0 Å². The van der Waals surface area contributed by atoms with Gasteiger partial charge in [0.1, 0.15) is 10.8 Å². The van der Waals surface area contributed by atoms with Crippen LogP contribution in [0.3, 0.4) is 0 Å². The predicted molar refractivity (Wildman–Crippen MR) is 144 cm³/mol. The van der Waals surface area contributed by atoms with Crippen LogP contribution in [0, 0.1) is 0 Å². The van der Waals surface area contributed by atoms with E-state index >= 15 is 0 Å². The van der Waals surface area contributed by atoms with Crippen molar-refractivity contribution in [2.45, 2.75) is 12.5 Å². The molecule has 4 heterocycles. The first-order valence-electron chi connectivity index (χ1n) is 11.8. The van der Waals surface area contributed by atoms with Crippen molar-refractivity contribution >= 4 is 45.5 Å². The number of nitrogens with two attached hydrogens (primary N) is 1. The number of rotatable bonds is 7. The van der Waals surface area contributed by atoms with E-state index in [1.54, 1.807) is 11.0 Å². The first-order chi connectivity index (χ1) is 17.4. The van der Waals surface area contributed by atoms with Gasteiger partial charge in [-0.2, -0.15) is 11.8 Å². The number of pyridine rings is 1. The van der Waals surface area contributed by atoms with Crippen molar-refractivity contribution in [3.05, 3.63) is 59.8 Å². The van der Waals surface area contributed by atoms with E-state index < -0.39 is 11.8 Å². The molecule has 2 aromatic heterocycles. The SMILES string of the molecule is NC(=O)c1cc(-c2ccc(N3CCSCC3(O)O)cc2)sc1Nc1cccc(CN2CCOCC2)n1.